The van der Waals surface area contributed by atoms with E-state index in [0.717, 1.165) is 98.8 Å². The standard InChI is InChI=1S/C27H38N4O5/c1-33-24-17-20-22(18-25(24)35-14-4-10-30-8-2-3-9-30)29-21-5-6-23(36-19-32)26(21)27(20)28-7-11-31-12-15-34-16-13-31/h17-19,23H,2-16H2,1H3,(H,28,29). The number of rotatable bonds is 12. The Morgan fingerprint density at radius 3 is 2.69 bits per heavy atom. The summed E-state index contributed by atoms with van der Waals surface area (Å²) < 4.78 is 22.8. The molecule has 9 nitrogen and oxygen atoms in total. The van der Waals surface area contributed by atoms with Crippen LogP contribution in [0.3, 0.4) is 0 Å². The van der Waals surface area contributed by atoms with Crippen LogP contribution in [0.25, 0.3) is 10.9 Å². The number of aryl methyl sites for hydroxylation is 1. The number of aromatic nitrogens is 1. The van der Waals surface area contributed by atoms with Gasteiger partial charge in [0.15, 0.2) is 11.5 Å². The summed E-state index contributed by atoms with van der Waals surface area (Å²) >= 11 is 0. The molecule has 0 bridgehead atoms. The molecule has 1 aromatic carbocycles. The number of benzene rings is 1. The first-order chi connectivity index (χ1) is 17.8. The molecule has 2 aromatic rings. The van der Waals surface area contributed by atoms with Crippen molar-refractivity contribution in [2.45, 2.75) is 38.2 Å². The summed E-state index contributed by atoms with van der Waals surface area (Å²) in [4.78, 5) is 21.1. The van der Waals surface area contributed by atoms with E-state index < -0.39 is 0 Å². The van der Waals surface area contributed by atoms with Crippen LogP contribution in [0.5, 0.6) is 11.5 Å². The fourth-order valence-corrected chi connectivity index (χ4v) is 5.59. The molecule has 36 heavy (non-hydrogen) atoms. The second kappa shape index (κ2) is 12.1. The van der Waals surface area contributed by atoms with Gasteiger partial charge in [-0.25, -0.2) is 0 Å². The van der Waals surface area contributed by atoms with E-state index >= 15 is 0 Å². The van der Waals surface area contributed by atoms with E-state index in [9.17, 15) is 4.79 Å². The molecule has 1 unspecified atom stereocenters. The van der Waals surface area contributed by atoms with Gasteiger partial charge < -0.3 is 29.2 Å². The zero-order valence-electron chi connectivity index (χ0n) is 21.3. The smallest absolute Gasteiger partial charge is 0.293 e. The normalized spacial score (nSPS) is 20.4. The number of nitrogens with zero attached hydrogens (tertiary/aromatic N) is 3. The van der Waals surface area contributed by atoms with E-state index in [4.69, 9.17) is 23.9 Å². The van der Waals surface area contributed by atoms with Gasteiger partial charge in [0.05, 0.1) is 43.8 Å². The predicted octanol–water partition coefficient (Wildman–Crippen LogP) is 3.01. The van der Waals surface area contributed by atoms with Crippen molar-refractivity contribution >= 4 is 23.1 Å². The molecule has 196 valence electrons. The maximum Gasteiger partial charge on any atom is 0.293 e. The fourth-order valence-electron chi connectivity index (χ4n) is 5.59. The third-order valence-corrected chi connectivity index (χ3v) is 7.48. The largest absolute Gasteiger partial charge is 0.493 e. The molecule has 1 atom stereocenters. The second-order valence-corrected chi connectivity index (χ2v) is 9.76. The molecule has 1 N–H and O–H groups in total. The Labute approximate surface area is 213 Å². The summed E-state index contributed by atoms with van der Waals surface area (Å²) in [6, 6.07) is 4.00. The second-order valence-electron chi connectivity index (χ2n) is 9.76. The molecule has 1 aliphatic carbocycles. The van der Waals surface area contributed by atoms with Crippen LogP contribution in [-0.2, 0) is 20.7 Å². The quantitative estimate of drug-likeness (QED) is 0.351. The first-order valence-corrected chi connectivity index (χ1v) is 13.3. The molecule has 2 fully saturated rings. The van der Waals surface area contributed by atoms with Gasteiger partial charge in [0.1, 0.15) is 6.10 Å². The van der Waals surface area contributed by atoms with E-state index in [1.165, 1.54) is 25.9 Å². The van der Waals surface area contributed by atoms with Gasteiger partial charge in [-0.15, -0.1) is 0 Å². The number of hydrogen-bond donors (Lipinski definition) is 1. The summed E-state index contributed by atoms with van der Waals surface area (Å²) in [7, 11) is 1.67. The lowest BCUT2D eigenvalue weighted by molar-refractivity contribution is -0.133. The summed E-state index contributed by atoms with van der Waals surface area (Å²) in [5.74, 6) is 1.41. The Morgan fingerprint density at radius 1 is 1.11 bits per heavy atom. The van der Waals surface area contributed by atoms with Crippen molar-refractivity contribution in [3.05, 3.63) is 23.4 Å². The SMILES string of the molecule is COc1cc2c(NCCN3CCOCC3)c3c(nc2cc1OCCCN1CCCC1)CCC3OC=O. The van der Waals surface area contributed by atoms with Crippen LogP contribution in [0.4, 0.5) is 5.69 Å². The Kier molecular flexibility index (Phi) is 8.40. The molecule has 2 aliphatic heterocycles. The van der Waals surface area contributed by atoms with E-state index in [1.54, 1.807) is 7.11 Å². The number of nitrogens with one attached hydrogen (secondary N) is 1. The molecular formula is C27H38N4O5. The zero-order valence-corrected chi connectivity index (χ0v) is 21.3. The molecule has 3 aliphatic rings. The van der Waals surface area contributed by atoms with Crippen molar-refractivity contribution < 1.29 is 23.7 Å². The molecule has 0 spiro atoms. The van der Waals surface area contributed by atoms with Gasteiger partial charge in [-0.1, -0.05) is 0 Å². The number of morpholine rings is 1. The lowest BCUT2D eigenvalue weighted by atomic mass is 10.0. The van der Waals surface area contributed by atoms with Gasteiger partial charge in [-0.3, -0.25) is 14.7 Å². The molecule has 1 aromatic heterocycles. The van der Waals surface area contributed by atoms with Gasteiger partial charge >= 0.3 is 0 Å². The highest BCUT2D eigenvalue weighted by Gasteiger charge is 2.30. The maximum absolute atomic E-state index is 11.2. The number of pyridine rings is 1. The van der Waals surface area contributed by atoms with Crippen LogP contribution >= 0.6 is 0 Å². The highest BCUT2D eigenvalue weighted by Crippen LogP contribution is 2.44. The number of ether oxygens (including phenoxy) is 4. The Balaban J connectivity index is 1.37. The minimum absolute atomic E-state index is 0.284. The number of fused-ring (bicyclic) bond motifs is 2. The highest BCUT2D eigenvalue weighted by atomic mass is 16.5. The minimum atomic E-state index is -0.284. The molecule has 0 saturated carbocycles. The summed E-state index contributed by atoms with van der Waals surface area (Å²) in [5.41, 5.74) is 3.81. The average molecular weight is 499 g/mol. The van der Waals surface area contributed by atoms with E-state index in [0.29, 0.717) is 18.8 Å². The lowest BCUT2D eigenvalue weighted by Gasteiger charge is -2.27. The van der Waals surface area contributed by atoms with Crippen LogP contribution in [0.1, 0.15) is 43.0 Å². The van der Waals surface area contributed by atoms with E-state index in [2.05, 4.69) is 15.1 Å². The van der Waals surface area contributed by atoms with Crippen LogP contribution in [0.2, 0.25) is 0 Å². The molecule has 0 amide bonds. The van der Waals surface area contributed by atoms with Crippen LogP contribution in [0.15, 0.2) is 12.1 Å². The van der Waals surface area contributed by atoms with Crippen molar-refractivity contribution in [3.8, 4) is 11.5 Å². The molecule has 0 radical (unpaired) electrons. The van der Waals surface area contributed by atoms with Crippen molar-refractivity contribution in [2.24, 2.45) is 0 Å². The van der Waals surface area contributed by atoms with E-state index in [1.807, 2.05) is 12.1 Å². The molecular weight excluding hydrogens is 460 g/mol. The van der Waals surface area contributed by atoms with Crippen LogP contribution < -0.4 is 14.8 Å². The van der Waals surface area contributed by atoms with Crippen LogP contribution in [0, 0.1) is 0 Å². The summed E-state index contributed by atoms with van der Waals surface area (Å²) in [6.45, 7) is 9.78. The number of carbonyl (C=O) groups is 1. The minimum Gasteiger partial charge on any atom is -0.493 e. The predicted molar refractivity (Wildman–Crippen MR) is 138 cm³/mol. The number of likely N-dealkylation sites (tertiary alicyclic amines) is 1. The van der Waals surface area contributed by atoms with Crippen molar-refractivity contribution in [3.63, 3.8) is 0 Å². The Hall–Kier alpha value is -2.62. The first-order valence-electron chi connectivity index (χ1n) is 13.3. The van der Waals surface area contributed by atoms with Crippen LogP contribution in [-0.4, -0.2) is 94.0 Å². The average Bonchev–Trinajstić information content (AvgIpc) is 3.57. The van der Waals surface area contributed by atoms with Gasteiger partial charge in [-0.2, -0.15) is 0 Å². The number of methoxy groups -OCH3 is 1. The molecule has 9 heteroatoms. The third kappa shape index (κ3) is 5.68. The Bertz CT molecular complexity index is 1040. The third-order valence-electron chi connectivity index (χ3n) is 7.48. The van der Waals surface area contributed by atoms with Crippen molar-refractivity contribution in [1.29, 1.82) is 0 Å². The van der Waals surface area contributed by atoms with Crippen molar-refractivity contribution in [2.75, 3.05) is 78.1 Å². The molecule has 2 saturated heterocycles. The fraction of sp³-hybridized carbons (Fsp3) is 0.630. The maximum atomic E-state index is 11.2. The summed E-state index contributed by atoms with van der Waals surface area (Å²) in [6.07, 6.45) is 4.82. The number of carbonyl (C=O) groups excluding carboxylic acids is 1. The Morgan fingerprint density at radius 2 is 1.92 bits per heavy atom. The van der Waals surface area contributed by atoms with Gasteiger partial charge in [0.2, 0.25) is 0 Å². The van der Waals surface area contributed by atoms with E-state index in [-0.39, 0.29) is 6.10 Å². The van der Waals surface area contributed by atoms with Gasteiger partial charge in [0, 0.05) is 49.7 Å². The molecule has 3 heterocycles. The highest BCUT2D eigenvalue weighted by molar-refractivity contribution is 5.96. The topological polar surface area (TPSA) is 85.4 Å². The zero-order chi connectivity index (χ0) is 24.7. The van der Waals surface area contributed by atoms with Gasteiger partial charge in [-0.05, 0) is 51.3 Å². The first kappa shape index (κ1) is 25.0. The van der Waals surface area contributed by atoms with Gasteiger partial charge in [0.25, 0.3) is 6.47 Å². The summed E-state index contributed by atoms with van der Waals surface area (Å²) in [5, 5.41) is 4.61. The number of hydrogen-bond acceptors (Lipinski definition) is 9. The number of anilines is 1. The molecule has 5 rings (SSSR count). The monoisotopic (exact) mass is 498 g/mol. The lowest BCUT2D eigenvalue weighted by Crippen LogP contribution is -2.39. The van der Waals surface area contributed by atoms with Crippen molar-refractivity contribution in [1.82, 2.24) is 14.8 Å².